The third-order valence-corrected chi connectivity index (χ3v) is 4.00. The fourth-order valence-electron chi connectivity index (χ4n) is 2.14. The number of fused-ring (bicyclic) bond motifs is 1. The highest BCUT2D eigenvalue weighted by Gasteiger charge is 2.11. The summed E-state index contributed by atoms with van der Waals surface area (Å²) < 4.78 is 13.1. The number of nitrogens with zero attached hydrogens (tertiary/aromatic N) is 2. The van der Waals surface area contributed by atoms with E-state index in [1.807, 2.05) is 47.3 Å². The van der Waals surface area contributed by atoms with Crippen LogP contribution in [-0.2, 0) is 6.61 Å². The average molecular weight is 303 g/mol. The van der Waals surface area contributed by atoms with E-state index < -0.39 is 0 Å². The monoisotopic (exact) mass is 303 g/mol. The highest BCUT2D eigenvalue weighted by molar-refractivity contribution is 7.15. The maximum atomic E-state index is 5.98. The maximum Gasteiger partial charge on any atom is 0.193 e. The lowest BCUT2D eigenvalue weighted by atomic mass is 10.1. The Kier molecular flexibility index (Phi) is 3.81. The van der Waals surface area contributed by atoms with Gasteiger partial charge in [0, 0.05) is 35.4 Å². The molecule has 0 aliphatic heterocycles. The molecular formula is C15H17N3O2S. The van der Waals surface area contributed by atoms with Gasteiger partial charge in [-0.25, -0.2) is 4.98 Å². The van der Waals surface area contributed by atoms with Gasteiger partial charge >= 0.3 is 0 Å². The zero-order valence-electron chi connectivity index (χ0n) is 11.9. The van der Waals surface area contributed by atoms with E-state index in [0.717, 1.165) is 27.7 Å². The largest absolute Gasteiger partial charge is 0.497 e. The summed E-state index contributed by atoms with van der Waals surface area (Å²) in [4.78, 5) is 5.46. The highest BCUT2D eigenvalue weighted by Crippen LogP contribution is 2.29. The van der Waals surface area contributed by atoms with Crippen LogP contribution in [0.1, 0.15) is 24.2 Å². The maximum absolute atomic E-state index is 5.98. The zero-order valence-corrected chi connectivity index (χ0v) is 12.8. The van der Waals surface area contributed by atoms with E-state index in [4.69, 9.17) is 15.2 Å². The first-order valence-corrected chi connectivity index (χ1v) is 7.52. The summed E-state index contributed by atoms with van der Waals surface area (Å²) in [6.07, 6.45) is 3.95. The SMILES string of the molecule is COc1ccc(C(C)N)c(OCc2cn3ccsc3n2)c1. The quantitative estimate of drug-likeness (QED) is 0.787. The minimum absolute atomic E-state index is 0.101. The second-order valence-corrected chi connectivity index (χ2v) is 5.68. The highest BCUT2D eigenvalue weighted by atomic mass is 32.1. The molecule has 3 rings (SSSR count). The number of ether oxygens (including phenoxy) is 2. The van der Waals surface area contributed by atoms with Crippen molar-refractivity contribution in [1.29, 1.82) is 0 Å². The number of rotatable bonds is 5. The number of benzene rings is 1. The summed E-state index contributed by atoms with van der Waals surface area (Å²) in [5, 5.41) is 2.00. The van der Waals surface area contributed by atoms with Crippen LogP contribution in [0.4, 0.5) is 0 Å². The molecule has 0 bridgehead atoms. The van der Waals surface area contributed by atoms with Crippen LogP contribution in [0.5, 0.6) is 11.5 Å². The first-order valence-electron chi connectivity index (χ1n) is 6.65. The normalized spacial score (nSPS) is 12.5. The molecule has 1 aromatic carbocycles. The van der Waals surface area contributed by atoms with Crippen molar-refractivity contribution in [3.8, 4) is 11.5 Å². The lowest BCUT2D eigenvalue weighted by Gasteiger charge is -2.14. The minimum atomic E-state index is -0.101. The van der Waals surface area contributed by atoms with Gasteiger partial charge in [-0.2, -0.15) is 0 Å². The molecule has 2 heterocycles. The Morgan fingerprint density at radius 3 is 3.00 bits per heavy atom. The number of hydrogen-bond donors (Lipinski definition) is 1. The van der Waals surface area contributed by atoms with Crippen molar-refractivity contribution in [2.24, 2.45) is 5.73 Å². The number of hydrogen-bond acceptors (Lipinski definition) is 5. The van der Waals surface area contributed by atoms with Gasteiger partial charge in [0.2, 0.25) is 0 Å². The smallest absolute Gasteiger partial charge is 0.193 e. The first-order chi connectivity index (χ1) is 10.2. The van der Waals surface area contributed by atoms with Gasteiger partial charge < -0.3 is 15.2 Å². The van der Waals surface area contributed by atoms with Gasteiger partial charge in [-0.3, -0.25) is 4.40 Å². The van der Waals surface area contributed by atoms with E-state index in [1.165, 1.54) is 0 Å². The Hall–Kier alpha value is -2.05. The fourth-order valence-corrected chi connectivity index (χ4v) is 2.86. The molecule has 0 saturated carbocycles. The van der Waals surface area contributed by atoms with Crippen LogP contribution in [0, 0.1) is 0 Å². The summed E-state index contributed by atoms with van der Waals surface area (Å²) in [5.41, 5.74) is 7.83. The van der Waals surface area contributed by atoms with Crippen molar-refractivity contribution in [1.82, 2.24) is 9.38 Å². The first kappa shape index (κ1) is 13.9. The van der Waals surface area contributed by atoms with E-state index >= 15 is 0 Å². The van der Waals surface area contributed by atoms with Crippen LogP contribution in [0.15, 0.2) is 36.0 Å². The molecule has 2 N–H and O–H groups in total. The number of methoxy groups -OCH3 is 1. The molecule has 1 atom stereocenters. The molecule has 110 valence electrons. The van der Waals surface area contributed by atoms with Crippen LogP contribution in [-0.4, -0.2) is 16.5 Å². The summed E-state index contributed by atoms with van der Waals surface area (Å²) in [6, 6.07) is 5.58. The average Bonchev–Trinajstić information content (AvgIpc) is 3.05. The Morgan fingerprint density at radius 1 is 1.43 bits per heavy atom. The Morgan fingerprint density at radius 2 is 2.29 bits per heavy atom. The molecule has 0 spiro atoms. The van der Waals surface area contributed by atoms with E-state index in [-0.39, 0.29) is 6.04 Å². The molecule has 1 unspecified atom stereocenters. The van der Waals surface area contributed by atoms with Gasteiger partial charge in [-0.15, -0.1) is 11.3 Å². The zero-order chi connectivity index (χ0) is 14.8. The van der Waals surface area contributed by atoms with Crippen LogP contribution in [0.2, 0.25) is 0 Å². The van der Waals surface area contributed by atoms with Gasteiger partial charge in [0.1, 0.15) is 18.1 Å². The van der Waals surface area contributed by atoms with Gasteiger partial charge in [-0.1, -0.05) is 6.07 Å². The molecule has 0 saturated heterocycles. The summed E-state index contributed by atoms with van der Waals surface area (Å²) in [5.74, 6) is 1.49. The van der Waals surface area contributed by atoms with Gasteiger partial charge in [0.15, 0.2) is 4.96 Å². The standard InChI is InChI=1S/C15H17N3O2S/c1-10(16)13-4-3-12(19-2)7-14(13)20-9-11-8-18-5-6-21-15(18)17-11/h3-8,10H,9,16H2,1-2H3. The topological polar surface area (TPSA) is 61.8 Å². The molecular weight excluding hydrogens is 286 g/mol. The molecule has 6 heteroatoms. The van der Waals surface area contributed by atoms with Crippen molar-refractivity contribution >= 4 is 16.3 Å². The molecule has 0 fully saturated rings. The number of imidazole rings is 1. The third kappa shape index (κ3) is 2.86. The van der Waals surface area contributed by atoms with Gasteiger partial charge in [0.25, 0.3) is 0 Å². The lowest BCUT2D eigenvalue weighted by Crippen LogP contribution is -2.08. The second-order valence-electron chi connectivity index (χ2n) is 4.81. The van der Waals surface area contributed by atoms with E-state index in [9.17, 15) is 0 Å². The van der Waals surface area contributed by atoms with Crippen molar-refractivity contribution in [3.05, 3.63) is 47.2 Å². The number of aromatic nitrogens is 2. The third-order valence-electron chi connectivity index (χ3n) is 3.23. The minimum Gasteiger partial charge on any atom is -0.497 e. The van der Waals surface area contributed by atoms with E-state index in [0.29, 0.717) is 6.61 Å². The molecule has 0 amide bonds. The molecule has 2 aromatic heterocycles. The lowest BCUT2D eigenvalue weighted by molar-refractivity contribution is 0.295. The Labute approximate surface area is 126 Å². The summed E-state index contributed by atoms with van der Waals surface area (Å²) >= 11 is 1.60. The number of thiazole rings is 1. The van der Waals surface area contributed by atoms with Crippen LogP contribution >= 0.6 is 11.3 Å². The van der Waals surface area contributed by atoms with Gasteiger partial charge in [-0.05, 0) is 13.0 Å². The summed E-state index contributed by atoms with van der Waals surface area (Å²) in [7, 11) is 1.63. The van der Waals surface area contributed by atoms with Crippen molar-refractivity contribution in [2.75, 3.05) is 7.11 Å². The Bertz CT molecular complexity index is 720. The molecule has 3 aromatic rings. The molecule has 0 radical (unpaired) electrons. The molecule has 0 aliphatic rings. The Balaban J connectivity index is 1.81. The van der Waals surface area contributed by atoms with Crippen LogP contribution < -0.4 is 15.2 Å². The molecule has 0 aliphatic carbocycles. The number of nitrogens with two attached hydrogens (primary N) is 1. The predicted octanol–water partition coefficient (Wildman–Crippen LogP) is 3.00. The predicted molar refractivity (Wildman–Crippen MR) is 83.0 cm³/mol. The summed E-state index contributed by atoms with van der Waals surface area (Å²) in [6.45, 7) is 2.34. The van der Waals surface area contributed by atoms with E-state index in [2.05, 4.69) is 4.98 Å². The van der Waals surface area contributed by atoms with Crippen LogP contribution in [0.25, 0.3) is 4.96 Å². The van der Waals surface area contributed by atoms with Crippen molar-refractivity contribution in [2.45, 2.75) is 19.6 Å². The second kappa shape index (κ2) is 5.75. The van der Waals surface area contributed by atoms with E-state index in [1.54, 1.807) is 18.4 Å². The van der Waals surface area contributed by atoms with Crippen molar-refractivity contribution in [3.63, 3.8) is 0 Å². The van der Waals surface area contributed by atoms with Crippen LogP contribution in [0.3, 0.4) is 0 Å². The van der Waals surface area contributed by atoms with Crippen molar-refractivity contribution < 1.29 is 9.47 Å². The molecule has 21 heavy (non-hydrogen) atoms. The van der Waals surface area contributed by atoms with Gasteiger partial charge in [0.05, 0.1) is 12.8 Å². The fraction of sp³-hybridized carbons (Fsp3) is 0.267. The molecule has 5 nitrogen and oxygen atoms in total.